The number of aromatic nitrogens is 1. The van der Waals surface area contributed by atoms with Gasteiger partial charge in [-0.2, -0.15) is 9.98 Å². The number of aromatic amines is 1. The van der Waals surface area contributed by atoms with Crippen LogP contribution in [0.1, 0.15) is 10.5 Å². The van der Waals surface area contributed by atoms with Crippen molar-refractivity contribution in [3.05, 3.63) is 18.0 Å². The largest absolute Gasteiger partial charge is 0.477 e. The number of rotatable bonds is 4. The smallest absolute Gasteiger partial charge is 0.352 e. The molecule has 1 aromatic heterocycles. The summed E-state index contributed by atoms with van der Waals surface area (Å²) in [5.41, 5.74) is -0.229. The molecule has 8 heteroatoms. The van der Waals surface area contributed by atoms with Crippen molar-refractivity contribution >= 4 is 16.0 Å². The summed E-state index contributed by atoms with van der Waals surface area (Å²) < 4.78 is 24.7. The van der Waals surface area contributed by atoms with Gasteiger partial charge < -0.3 is 10.1 Å². The van der Waals surface area contributed by atoms with Crippen molar-refractivity contribution in [2.24, 2.45) is 0 Å². The molecule has 0 radical (unpaired) electrons. The normalized spacial score (nSPS) is 10.9. The molecule has 1 heterocycles. The van der Waals surface area contributed by atoms with Crippen molar-refractivity contribution in [1.82, 2.24) is 9.71 Å². The lowest BCUT2D eigenvalue weighted by Gasteiger charge is -1.98. The fourth-order valence-corrected chi connectivity index (χ4v) is 1.77. The third-order valence-electron chi connectivity index (χ3n) is 1.54. The molecule has 15 heavy (non-hydrogen) atoms. The predicted octanol–water partition coefficient (Wildman–Crippen LogP) is -0.485. The average Bonchev–Trinajstić information content (AvgIpc) is 2.64. The van der Waals surface area contributed by atoms with Gasteiger partial charge in [-0.25, -0.2) is 13.2 Å². The van der Waals surface area contributed by atoms with Crippen LogP contribution in [0.15, 0.2) is 17.2 Å². The number of nitriles is 1. The lowest BCUT2D eigenvalue weighted by molar-refractivity contribution is 0.0691. The minimum atomic E-state index is -3.80. The van der Waals surface area contributed by atoms with E-state index in [0.717, 1.165) is 12.3 Å². The van der Waals surface area contributed by atoms with Crippen molar-refractivity contribution in [2.45, 2.75) is 4.90 Å². The third kappa shape index (κ3) is 2.55. The molecule has 0 saturated heterocycles. The number of sulfonamides is 1. The van der Waals surface area contributed by atoms with Crippen molar-refractivity contribution < 1.29 is 18.3 Å². The number of nitrogens with one attached hydrogen (secondary N) is 2. The zero-order chi connectivity index (χ0) is 11.5. The topological polar surface area (TPSA) is 123 Å². The molecule has 0 unspecified atom stereocenters. The van der Waals surface area contributed by atoms with Gasteiger partial charge in [0.25, 0.3) is 0 Å². The summed E-state index contributed by atoms with van der Waals surface area (Å²) in [6.07, 6.45) is 1.04. The number of H-pyrrole nitrogens is 1. The maximum Gasteiger partial charge on any atom is 0.352 e. The van der Waals surface area contributed by atoms with E-state index in [1.165, 1.54) is 0 Å². The van der Waals surface area contributed by atoms with E-state index in [0.29, 0.717) is 0 Å². The van der Waals surface area contributed by atoms with Gasteiger partial charge in [0, 0.05) is 6.20 Å². The number of aromatic carboxylic acids is 1. The summed E-state index contributed by atoms with van der Waals surface area (Å²) in [7, 11) is -3.80. The van der Waals surface area contributed by atoms with Crippen LogP contribution in [0.5, 0.6) is 0 Å². The van der Waals surface area contributed by atoms with E-state index in [1.54, 1.807) is 6.07 Å². The van der Waals surface area contributed by atoms with Crippen LogP contribution in [0.3, 0.4) is 0 Å². The second kappa shape index (κ2) is 4.12. The summed E-state index contributed by atoms with van der Waals surface area (Å²) in [5, 5.41) is 16.7. The molecule has 0 aliphatic carbocycles. The SMILES string of the molecule is N#CCNS(=O)(=O)c1c[nH]c(C(=O)O)c1. The van der Waals surface area contributed by atoms with Crippen molar-refractivity contribution in [3.8, 4) is 6.07 Å². The molecule has 0 fully saturated rings. The maximum atomic E-state index is 11.4. The van der Waals surface area contributed by atoms with Crippen molar-refractivity contribution in [1.29, 1.82) is 5.26 Å². The van der Waals surface area contributed by atoms with Gasteiger partial charge in [-0.05, 0) is 6.07 Å². The third-order valence-corrected chi connectivity index (χ3v) is 2.92. The number of carboxylic acids is 1. The summed E-state index contributed by atoms with van der Waals surface area (Å²) in [6.45, 7) is -0.365. The second-order valence-corrected chi connectivity index (χ2v) is 4.30. The molecule has 3 N–H and O–H groups in total. The predicted molar refractivity (Wildman–Crippen MR) is 48.6 cm³/mol. The van der Waals surface area contributed by atoms with Crippen LogP contribution in [0, 0.1) is 11.3 Å². The highest BCUT2D eigenvalue weighted by Gasteiger charge is 2.17. The molecule has 1 aromatic rings. The number of carboxylic acid groups (broad SMARTS) is 1. The molecule has 0 aliphatic heterocycles. The second-order valence-electron chi connectivity index (χ2n) is 2.54. The van der Waals surface area contributed by atoms with Crippen LogP contribution in [0.25, 0.3) is 0 Å². The van der Waals surface area contributed by atoms with Gasteiger partial charge in [-0.1, -0.05) is 0 Å². The summed E-state index contributed by atoms with van der Waals surface area (Å²) in [5.74, 6) is -1.25. The number of carbonyl (C=O) groups is 1. The van der Waals surface area contributed by atoms with Gasteiger partial charge in [0.2, 0.25) is 10.0 Å². The monoisotopic (exact) mass is 229 g/mol. The van der Waals surface area contributed by atoms with Crippen LogP contribution in [-0.4, -0.2) is 31.0 Å². The summed E-state index contributed by atoms with van der Waals surface area (Å²) >= 11 is 0. The molecule has 0 spiro atoms. The average molecular weight is 229 g/mol. The molecule has 0 bridgehead atoms. The highest BCUT2D eigenvalue weighted by atomic mass is 32.2. The molecule has 0 aliphatic rings. The quantitative estimate of drug-likeness (QED) is 0.601. The first kappa shape index (κ1) is 11.2. The van der Waals surface area contributed by atoms with Gasteiger partial charge in [0.05, 0.1) is 12.6 Å². The van der Waals surface area contributed by atoms with E-state index in [4.69, 9.17) is 10.4 Å². The van der Waals surface area contributed by atoms with Crippen molar-refractivity contribution in [3.63, 3.8) is 0 Å². The Balaban J connectivity index is 2.97. The fraction of sp³-hybridized carbons (Fsp3) is 0.143. The maximum absolute atomic E-state index is 11.4. The molecule has 1 rings (SSSR count). The molecule has 0 aromatic carbocycles. The number of hydrogen-bond donors (Lipinski definition) is 3. The highest BCUT2D eigenvalue weighted by Crippen LogP contribution is 2.09. The van der Waals surface area contributed by atoms with E-state index in [2.05, 4.69) is 4.98 Å². The summed E-state index contributed by atoms with van der Waals surface area (Å²) in [4.78, 5) is 12.5. The van der Waals surface area contributed by atoms with Gasteiger partial charge in [0.1, 0.15) is 10.6 Å². The Morgan fingerprint density at radius 3 is 2.80 bits per heavy atom. The zero-order valence-corrected chi connectivity index (χ0v) is 8.21. The Morgan fingerprint density at radius 2 is 2.33 bits per heavy atom. The lowest BCUT2D eigenvalue weighted by atomic mass is 10.4. The Kier molecular flexibility index (Phi) is 3.08. The van der Waals surface area contributed by atoms with E-state index < -0.39 is 16.0 Å². The van der Waals surface area contributed by atoms with Gasteiger partial charge >= 0.3 is 5.97 Å². The van der Waals surface area contributed by atoms with Gasteiger partial charge in [-0.3, -0.25) is 0 Å². The standard InChI is InChI=1S/C7H7N3O4S/c8-1-2-10-15(13,14)5-3-6(7(11)12)9-4-5/h3-4,9-10H,2H2,(H,11,12). The van der Waals surface area contributed by atoms with Crippen LogP contribution >= 0.6 is 0 Å². The van der Waals surface area contributed by atoms with Crippen LogP contribution in [-0.2, 0) is 10.0 Å². The molecule has 7 nitrogen and oxygen atoms in total. The minimum Gasteiger partial charge on any atom is -0.477 e. The number of hydrogen-bond acceptors (Lipinski definition) is 4. The molecule has 0 saturated carbocycles. The molecule has 80 valence electrons. The molecule has 0 amide bonds. The first-order valence-corrected chi connectivity index (χ1v) is 5.24. The Labute approximate surface area is 85.4 Å². The lowest BCUT2D eigenvalue weighted by Crippen LogP contribution is -2.23. The van der Waals surface area contributed by atoms with Gasteiger partial charge in [0.15, 0.2) is 0 Å². The fourth-order valence-electron chi connectivity index (χ4n) is 0.864. The Morgan fingerprint density at radius 1 is 1.67 bits per heavy atom. The van der Waals surface area contributed by atoms with Crippen LogP contribution in [0.2, 0.25) is 0 Å². The summed E-state index contributed by atoms with van der Waals surface area (Å²) in [6, 6.07) is 2.58. The molecule has 0 atom stereocenters. The first-order chi connectivity index (χ1) is 6.97. The molecular formula is C7H7N3O4S. The number of nitrogens with zero attached hydrogens (tertiary/aromatic N) is 1. The first-order valence-electron chi connectivity index (χ1n) is 3.75. The Hall–Kier alpha value is -1.85. The van der Waals surface area contributed by atoms with Crippen molar-refractivity contribution in [2.75, 3.05) is 6.54 Å². The Bertz CT molecular complexity index is 511. The minimum absolute atomic E-state index is 0.213. The highest BCUT2D eigenvalue weighted by molar-refractivity contribution is 7.89. The van der Waals surface area contributed by atoms with E-state index in [9.17, 15) is 13.2 Å². The molecular weight excluding hydrogens is 222 g/mol. The van der Waals surface area contributed by atoms with Crippen LogP contribution in [0.4, 0.5) is 0 Å². The zero-order valence-electron chi connectivity index (χ0n) is 7.39. The van der Waals surface area contributed by atoms with Gasteiger partial charge in [-0.15, -0.1) is 0 Å². The van der Waals surface area contributed by atoms with E-state index >= 15 is 0 Å². The van der Waals surface area contributed by atoms with Crippen LogP contribution < -0.4 is 4.72 Å². The van der Waals surface area contributed by atoms with E-state index in [1.807, 2.05) is 4.72 Å². The van der Waals surface area contributed by atoms with E-state index in [-0.39, 0.29) is 17.1 Å².